The highest BCUT2D eigenvalue weighted by atomic mass is 14.9. The molecule has 2 nitrogen and oxygen atoms in total. The summed E-state index contributed by atoms with van der Waals surface area (Å²) in [5, 5.41) is 3.41. The molecule has 1 aliphatic carbocycles. The van der Waals surface area contributed by atoms with Crippen molar-refractivity contribution in [2.24, 2.45) is 11.7 Å². The predicted molar refractivity (Wildman–Crippen MR) is 48.4 cm³/mol. The normalized spacial score (nSPS) is 19.8. The van der Waals surface area contributed by atoms with E-state index in [9.17, 15) is 0 Å². The molecule has 1 atom stereocenters. The molecule has 64 valence electrons. The van der Waals surface area contributed by atoms with Crippen molar-refractivity contribution in [3.63, 3.8) is 0 Å². The molecule has 0 radical (unpaired) electrons. The summed E-state index contributed by atoms with van der Waals surface area (Å²) in [4.78, 5) is 0. The zero-order chi connectivity index (χ0) is 8.27. The molecule has 0 aromatic heterocycles. The quantitative estimate of drug-likeness (QED) is 0.577. The molecule has 1 saturated carbocycles. The zero-order valence-electron chi connectivity index (χ0n) is 7.27. The Morgan fingerprint density at radius 1 is 1.73 bits per heavy atom. The summed E-state index contributed by atoms with van der Waals surface area (Å²) in [6.07, 6.45) is 2.70. The van der Waals surface area contributed by atoms with Crippen LogP contribution in [-0.4, -0.2) is 19.1 Å². The standard InChI is InChI=1S/C9H18N2/c1-7(2)6-11-9(5-10)8-3-4-8/h8-9,11H,1,3-6,10H2,2H3. The van der Waals surface area contributed by atoms with E-state index in [1.165, 1.54) is 18.4 Å². The first kappa shape index (κ1) is 8.75. The van der Waals surface area contributed by atoms with Crippen LogP contribution in [0.5, 0.6) is 0 Å². The summed E-state index contributed by atoms with van der Waals surface area (Å²) in [6, 6.07) is 0.534. The second kappa shape index (κ2) is 3.88. The van der Waals surface area contributed by atoms with E-state index in [2.05, 4.69) is 11.9 Å². The maximum Gasteiger partial charge on any atom is 0.0221 e. The summed E-state index contributed by atoms with van der Waals surface area (Å²) in [5.41, 5.74) is 6.79. The van der Waals surface area contributed by atoms with Crippen LogP contribution in [0.15, 0.2) is 12.2 Å². The summed E-state index contributed by atoms with van der Waals surface area (Å²) in [6.45, 7) is 7.55. The van der Waals surface area contributed by atoms with Gasteiger partial charge < -0.3 is 11.1 Å². The minimum absolute atomic E-state index is 0.534. The summed E-state index contributed by atoms with van der Waals surface area (Å²) in [5.74, 6) is 0.847. The molecule has 0 bridgehead atoms. The first-order valence-electron chi connectivity index (χ1n) is 4.32. The minimum Gasteiger partial charge on any atom is -0.329 e. The van der Waals surface area contributed by atoms with E-state index in [1.54, 1.807) is 0 Å². The highest BCUT2D eigenvalue weighted by molar-refractivity contribution is 4.95. The van der Waals surface area contributed by atoms with Crippen molar-refractivity contribution in [1.82, 2.24) is 5.32 Å². The highest BCUT2D eigenvalue weighted by Crippen LogP contribution is 2.32. The number of rotatable bonds is 5. The third kappa shape index (κ3) is 3.04. The Bertz CT molecular complexity index is 138. The van der Waals surface area contributed by atoms with Gasteiger partial charge in [0.05, 0.1) is 0 Å². The molecular weight excluding hydrogens is 136 g/mol. The molecule has 0 aromatic carbocycles. The number of hydrogen-bond acceptors (Lipinski definition) is 2. The number of nitrogens with one attached hydrogen (secondary N) is 1. The maximum absolute atomic E-state index is 5.61. The van der Waals surface area contributed by atoms with Crippen LogP contribution >= 0.6 is 0 Å². The van der Waals surface area contributed by atoms with Gasteiger partial charge in [-0.1, -0.05) is 12.2 Å². The van der Waals surface area contributed by atoms with Crippen LogP contribution < -0.4 is 11.1 Å². The van der Waals surface area contributed by atoms with Crippen LogP contribution in [0, 0.1) is 5.92 Å². The average molecular weight is 154 g/mol. The Hall–Kier alpha value is -0.340. The van der Waals surface area contributed by atoms with E-state index in [4.69, 9.17) is 5.73 Å². The third-order valence-corrected chi connectivity index (χ3v) is 2.11. The fraction of sp³-hybridized carbons (Fsp3) is 0.778. The van der Waals surface area contributed by atoms with Gasteiger partial charge in [-0.15, -0.1) is 0 Å². The Kier molecular flexibility index (Phi) is 3.09. The van der Waals surface area contributed by atoms with Crippen LogP contribution in [0.4, 0.5) is 0 Å². The van der Waals surface area contributed by atoms with Gasteiger partial charge >= 0.3 is 0 Å². The van der Waals surface area contributed by atoms with E-state index in [1.807, 2.05) is 6.92 Å². The lowest BCUT2D eigenvalue weighted by atomic mass is 10.2. The Morgan fingerprint density at radius 2 is 2.36 bits per heavy atom. The molecule has 0 saturated heterocycles. The van der Waals surface area contributed by atoms with Crippen molar-refractivity contribution in [3.05, 3.63) is 12.2 Å². The molecule has 0 heterocycles. The SMILES string of the molecule is C=C(C)CNC(CN)C1CC1. The monoisotopic (exact) mass is 154 g/mol. The van der Waals surface area contributed by atoms with Crippen LogP contribution in [0.3, 0.4) is 0 Å². The fourth-order valence-corrected chi connectivity index (χ4v) is 1.25. The molecule has 1 aliphatic rings. The van der Waals surface area contributed by atoms with Crippen molar-refractivity contribution >= 4 is 0 Å². The Morgan fingerprint density at radius 3 is 2.73 bits per heavy atom. The van der Waals surface area contributed by atoms with Gasteiger partial charge in [0, 0.05) is 19.1 Å². The lowest BCUT2D eigenvalue weighted by Gasteiger charge is -2.15. The molecule has 0 aliphatic heterocycles. The maximum atomic E-state index is 5.61. The summed E-state index contributed by atoms with van der Waals surface area (Å²) in [7, 11) is 0. The van der Waals surface area contributed by atoms with Crippen molar-refractivity contribution in [2.45, 2.75) is 25.8 Å². The van der Waals surface area contributed by atoms with Crippen molar-refractivity contribution in [3.8, 4) is 0 Å². The van der Waals surface area contributed by atoms with Gasteiger partial charge in [-0.05, 0) is 25.7 Å². The van der Waals surface area contributed by atoms with Crippen LogP contribution in [-0.2, 0) is 0 Å². The van der Waals surface area contributed by atoms with Gasteiger partial charge in [-0.3, -0.25) is 0 Å². The fourth-order valence-electron chi connectivity index (χ4n) is 1.25. The Labute approximate surface area is 68.9 Å². The predicted octanol–water partition coefficient (Wildman–Crippen LogP) is 0.889. The van der Waals surface area contributed by atoms with E-state index in [0.29, 0.717) is 6.04 Å². The molecule has 0 aromatic rings. The molecule has 2 heteroatoms. The number of nitrogens with two attached hydrogens (primary N) is 1. The van der Waals surface area contributed by atoms with E-state index in [-0.39, 0.29) is 0 Å². The number of hydrogen-bond donors (Lipinski definition) is 2. The molecule has 1 rings (SSSR count). The van der Waals surface area contributed by atoms with E-state index in [0.717, 1.165) is 19.0 Å². The highest BCUT2D eigenvalue weighted by Gasteiger charge is 2.29. The van der Waals surface area contributed by atoms with Crippen LogP contribution in [0.1, 0.15) is 19.8 Å². The van der Waals surface area contributed by atoms with Crippen LogP contribution in [0.25, 0.3) is 0 Å². The molecule has 11 heavy (non-hydrogen) atoms. The molecule has 1 unspecified atom stereocenters. The van der Waals surface area contributed by atoms with E-state index >= 15 is 0 Å². The molecule has 3 N–H and O–H groups in total. The smallest absolute Gasteiger partial charge is 0.0221 e. The van der Waals surface area contributed by atoms with Gasteiger partial charge in [-0.2, -0.15) is 0 Å². The van der Waals surface area contributed by atoms with Crippen LogP contribution in [0.2, 0.25) is 0 Å². The second-order valence-corrected chi connectivity index (χ2v) is 3.52. The largest absolute Gasteiger partial charge is 0.329 e. The van der Waals surface area contributed by atoms with Gasteiger partial charge in [0.1, 0.15) is 0 Å². The Balaban J connectivity index is 2.15. The lowest BCUT2D eigenvalue weighted by molar-refractivity contribution is 0.489. The average Bonchev–Trinajstić information content (AvgIpc) is 2.72. The zero-order valence-corrected chi connectivity index (χ0v) is 7.27. The lowest BCUT2D eigenvalue weighted by Crippen LogP contribution is -2.38. The molecule has 0 amide bonds. The van der Waals surface area contributed by atoms with Gasteiger partial charge in [0.2, 0.25) is 0 Å². The van der Waals surface area contributed by atoms with Gasteiger partial charge in [0.15, 0.2) is 0 Å². The molecular formula is C9H18N2. The third-order valence-electron chi connectivity index (χ3n) is 2.11. The van der Waals surface area contributed by atoms with Crippen molar-refractivity contribution in [1.29, 1.82) is 0 Å². The first-order valence-corrected chi connectivity index (χ1v) is 4.32. The summed E-state index contributed by atoms with van der Waals surface area (Å²) < 4.78 is 0. The minimum atomic E-state index is 0.534. The van der Waals surface area contributed by atoms with Crippen molar-refractivity contribution < 1.29 is 0 Å². The van der Waals surface area contributed by atoms with Gasteiger partial charge in [-0.25, -0.2) is 0 Å². The second-order valence-electron chi connectivity index (χ2n) is 3.52. The molecule has 0 spiro atoms. The van der Waals surface area contributed by atoms with E-state index < -0.39 is 0 Å². The summed E-state index contributed by atoms with van der Waals surface area (Å²) >= 11 is 0. The molecule has 1 fully saturated rings. The van der Waals surface area contributed by atoms with Gasteiger partial charge in [0.25, 0.3) is 0 Å². The topological polar surface area (TPSA) is 38.0 Å². The van der Waals surface area contributed by atoms with Crippen molar-refractivity contribution in [2.75, 3.05) is 13.1 Å². The first-order chi connectivity index (χ1) is 5.24.